The van der Waals surface area contributed by atoms with Gasteiger partial charge >= 0.3 is 0 Å². The van der Waals surface area contributed by atoms with E-state index in [-0.39, 0.29) is 6.79 Å². The summed E-state index contributed by atoms with van der Waals surface area (Å²) >= 11 is 0. The van der Waals surface area contributed by atoms with Gasteiger partial charge in [0.1, 0.15) is 12.4 Å². The minimum Gasteiger partial charge on any atom is -0.492 e. The second kappa shape index (κ2) is 10.4. The van der Waals surface area contributed by atoms with E-state index in [1.807, 2.05) is 54.6 Å². The summed E-state index contributed by atoms with van der Waals surface area (Å²) < 4.78 is 22.0. The van der Waals surface area contributed by atoms with Crippen LogP contribution in [0.1, 0.15) is 22.5 Å². The zero-order valence-corrected chi connectivity index (χ0v) is 18.4. The van der Waals surface area contributed by atoms with Crippen LogP contribution in [0.15, 0.2) is 48.5 Å². The number of morpholine rings is 1. The molecule has 7 heteroatoms. The van der Waals surface area contributed by atoms with Crippen LogP contribution < -0.4 is 14.2 Å². The number of nitrogens with one attached hydrogen (secondary N) is 1. The summed E-state index contributed by atoms with van der Waals surface area (Å²) in [4.78, 5) is 2.36. The highest BCUT2D eigenvalue weighted by Crippen LogP contribution is 2.32. The van der Waals surface area contributed by atoms with Gasteiger partial charge in [0.2, 0.25) is 6.79 Å². The Balaban J connectivity index is 1.11. The fraction of sp³-hybridized carbons (Fsp3) is 0.269. The fourth-order valence-electron chi connectivity index (χ4n) is 3.70. The molecule has 2 aromatic carbocycles. The Morgan fingerprint density at radius 1 is 0.879 bits per heavy atom. The number of hydrogen-bond acceptors (Lipinski definition) is 6. The van der Waals surface area contributed by atoms with Crippen LogP contribution in [0, 0.1) is 0 Å². The van der Waals surface area contributed by atoms with Crippen LogP contribution >= 0.6 is 0 Å². The summed E-state index contributed by atoms with van der Waals surface area (Å²) in [6, 6.07) is 16.0. The van der Waals surface area contributed by atoms with Crippen molar-refractivity contribution in [3.63, 3.8) is 0 Å². The van der Waals surface area contributed by atoms with Gasteiger partial charge in [-0.1, -0.05) is 30.4 Å². The fourth-order valence-corrected chi connectivity index (χ4v) is 3.70. The molecule has 0 spiro atoms. The molecule has 0 saturated carbocycles. The van der Waals surface area contributed by atoms with Gasteiger partial charge < -0.3 is 18.9 Å². The largest absolute Gasteiger partial charge is 0.492 e. The minimum atomic E-state index is 0.280. The predicted molar refractivity (Wildman–Crippen MR) is 128 cm³/mol. The van der Waals surface area contributed by atoms with E-state index < -0.39 is 0 Å². The van der Waals surface area contributed by atoms with Crippen LogP contribution in [-0.2, 0) is 4.74 Å². The third kappa shape index (κ3) is 5.83. The molecule has 0 atom stereocenters. The number of aromatic nitrogens is 2. The molecule has 1 saturated heterocycles. The average Bonchev–Trinajstić information content (AvgIpc) is 3.52. The number of benzene rings is 2. The van der Waals surface area contributed by atoms with Gasteiger partial charge in [0, 0.05) is 19.6 Å². The van der Waals surface area contributed by atoms with E-state index >= 15 is 0 Å². The Hall–Kier alpha value is -3.55. The molecule has 5 rings (SSSR count). The maximum atomic E-state index is 5.87. The molecule has 1 N–H and O–H groups in total. The molecule has 3 aromatic rings. The molecule has 2 aliphatic heterocycles. The van der Waals surface area contributed by atoms with Gasteiger partial charge in [-0.05, 0) is 53.6 Å². The van der Waals surface area contributed by atoms with Crippen LogP contribution in [0.2, 0.25) is 0 Å². The van der Waals surface area contributed by atoms with Crippen LogP contribution in [0.3, 0.4) is 0 Å². The lowest BCUT2D eigenvalue weighted by Crippen LogP contribution is -2.38. The normalized spacial score (nSPS) is 16.1. The van der Waals surface area contributed by atoms with Gasteiger partial charge in [-0.25, -0.2) is 0 Å². The van der Waals surface area contributed by atoms with Gasteiger partial charge in [0.15, 0.2) is 11.5 Å². The van der Waals surface area contributed by atoms with Crippen LogP contribution in [0.4, 0.5) is 0 Å². The first-order valence-corrected chi connectivity index (χ1v) is 11.2. The average molecular weight is 446 g/mol. The van der Waals surface area contributed by atoms with Crippen molar-refractivity contribution >= 4 is 24.3 Å². The van der Waals surface area contributed by atoms with Gasteiger partial charge in [-0.2, -0.15) is 5.10 Å². The lowest BCUT2D eigenvalue weighted by molar-refractivity contribution is 0.0322. The Labute approximate surface area is 193 Å². The summed E-state index contributed by atoms with van der Waals surface area (Å²) in [7, 11) is 0. The Morgan fingerprint density at radius 2 is 1.67 bits per heavy atom. The number of ether oxygens (including phenoxy) is 4. The molecule has 0 aliphatic carbocycles. The number of H-pyrrole nitrogens is 1. The van der Waals surface area contributed by atoms with E-state index in [0.29, 0.717) is 6.61 Å². The third-order valence-electron chi connectivity index (χ3n) is 5.58. The molecule has 2 aliphatic rings. The summed E-state index contributed by atoms with van der Waals surface area (Å²) in [6.45, 7) is 5.49. The van der Waals surface area contributed by atoms with Crippen LogP contribution in [0.25, 0.3) is 24.3 Å². The third-order valence-corrected chi connectivity index (χ3v) is 5.58. The molecule has 0 bridgehead atoms. The van der Waals surface area contributed by atoms with Crippen molar-refractivity contribution < 1.29 is 18.9 Å². The van der Waals surface area contributed by atoms with E-state index in [1.54, 1.807) is 0 Å². The molecule has 170 valence electrons. The summed E-state index contributed by atoms with van der Waals surface area (Å²) in [5, 5.41) is 7.40. The standard InChI is InChI=1S/C26H27N3O4/c1(20-3-8-24(9-4-20)31-16-13-29-11-14-30-15-12-29)6-22-18-23(28-27-22)7-2-21-5-10-25-26(17-21)33-19-32-25/h1-10,17-18H,11-16,19H2,(H,27,28). The molecule has 0 unspecified atom stereocenters. The first-order valence-electron chi connectivity index (χ1n) is 11.2. The lowest BCUT2D eigenvalue weighted by atomic mass is 10.1. The lowest BCUT2D eigenvalue weighted by Gasteiger charge is -2.26. The molecule has 0 radical (unpaired) electrons. The van der Waals surface area contributed by atoms with Crippen molar-refractivity contribution in [1.82, 2.24) is 15.1 Å². The highest BCUT2D eigenvalue weighted by atomic mass is 16.7. The Kier molecular flexibility index (Phi) is 6.70. The van der Waals surface area contributed by atoms with Crippen molar-refractivity contribution in [2.75, 3.05) is 46.2 Å². The molecule has 7 nitrogen and oxygen atoms in total. The SMILES string of the molecule is C(=Cc1cc(C=Cc2ccc3c(c2)OCO3)n[nH]1)c1ccc(OCCN2CCOCC2)cc1. The summed E-state index contributed by atoms with van der Waals surface area (Å²) in [5.74, 6) is 2.45. The Bertz CT molecular complexity index is 1110. The first-order chi connectivity index (χ1) is 16.3. The zero-order valence-electron chi connectivity index (χ0n) is 18.4. The monoisotopic (exact) mass is 445 g/mol. The highest BCUT2D eigenvalue weighted by molar-refractivity contribution is 5.72. The molecular weight excluding hydrogens is 418 g/mol. The maximum absolute atomic E-state index is 5.87. The molecule has 33 heavy (non-hydrogen) atoms. The minimum absolute atomic E-state index is 0.280. The molecule has 0 amide bonds. The van der Waals surface area contributed by atoms with Crippen LogP contribution in [0.5, 0.6) is 17.2 Å². The van der Waals surface area contributed by atoms with E-state index in [2.05, 4.69) is 33.3 Å². The van der Waals surface area contributed by atoms with E-state index in [9.17, 15) is 0 Å². The van der Waals surface area contributed by atoms with Gasteiger partial charge in [0.05, 0.1) is 24.6 Å². The summed E-state index contributed by atoms with van der Waals surface area (Å²) in [5.41, 5.74) is 3.93. The van der Waals surface area contributed by atoms with Crippen molar-refractivity contribution in [3.8, 4) is 17.2 Å². The maximum Gasteiger partial charge on any atom is 0.231 e. The van der Waals surface area contributed by atoms with Gasteiger partial charge in [0.25, 0.3) is 0 Å². The van der Waals surface area contributed by atoms with Gasteiger partial charge in [-0.15, -0.1) is 0 Å². The number of aromatic amines is 1. The van der Waals surface area contributed by atoms with Crippen molar-refractivity contribution in [3.05, 3.63) is 71.0 Å². The second-order valence-corrected chi connectivity index (χ2v) is 7.90. The Morgan fingerprint density at radius 3 is 2.55 bits per heavy atom. The van der Waals surface area contributed by atoms with E-state index in [1.165, 1.54) is 0 Å². The smallest absolute Gasteiger partial charge is 0.231 e. The zero-order chi connectivity index (χ0) is 22.3. The van der Waals surface area contributed by atoms with E-state index in [4.69, 9.17) is 18.9 Å². The molecule has 3 heterocycles. The number of nitrogens with zero attached hydrogens (tertiary/aromatic N) is 2. The van der Waals surface area contributed by atoms with Crippen molar-refractivity contribution in [2.24, 2.45) is 0 Å². The number of rotatable bonds is 8. The topological polar surface area (TPSA) is 68.8 Å². The van der Waals surface area contributed by atoms with Gasteiger partial charge in [-0.3, -0.25) is 10.00 Å². The summed E-state index contributed by atoms with van der Waals surface area (Å²) in [6.07, 6.45) is 8.04. The van der Waals surface area contributed by atoms with Crippen LogP contribution in [-0.4, -0.2) is 61.3 Å². The first kappa shape index (κ1) is 21.3. The van der Waals surface area contributed by atoms with E-state index in [0.717, 1.165) is 72.6 Å². The van der Waals surface area contributed by atoms with Crippen molar-refractivity contribution in [2.45, 2.75) is 0 Å². The predicted octanol–water partition coefficient (Wildman–Crippen LogP) is 4.19. The molecular formula is C26H27N3O4. The molecule has 1 aromatic heterocycles. The second-order valence-electron chi connectivity index (χ2n) is 7.90. The molecule has 1 fully saturated rings. The quantitative estimate of drug-likeness (QED) is 0.561. The van der Waals surface area contributed by atoms with Crippen molar-refractivity contribution in [1.29, 1.82) is 0 Å². The number of fused-ring (bicyclic) bond motifs is 1. The highest BCUT2D eigenvalue weighted by Gasteiger charge is 2.12. The number of hydrogen-bond donors (Lipinski definition) is 1.